The Morgan fingerprint density at radius 1 is 0.962 bits per heavy atom. The maximum atomic E-state index is 13.2. The van der Waals surface area contributed by atoms with Gasteiger partial charge in [0.25, 0.3) is 0 Å². The average molecular weight is 345 g/mol. The molecule has 2 heterocycles. The van der Waals surface area contributed by atoms with Crippen LogP contribution in [0.2, 0.25) is 0 Å². The fourth-order valence-electron chi connectivity index (χ4n) is 4.16. The summed E-state index contributed by atoms with van der Waals surface area (Å²) >= 11 is 0. The third-order valence-electron chi connectivity index (χ3n) is 5.35. The molecule has 5 heteroatoms. The lowest BCUT2D eigenvalue weighted by Crippen LogP contribution is -2.34. The van der Waals surface area contributed by atoms with E-state index in [-0.39, 0.29) is 35.2 Å². The summed E-state index contributed by atoms with van der Waals surface area (Å²) in [5.74, 6) is -0.472. The van der Waals surface area contributed by atoms with Crippen LogP contribution in [0.25, 0.3) is 0 Å². The van der Waals surface area contributed by atoms with Crippen molar-refractivity contribution in [3.63, 3.8) is 0 Å². The average Bonchev–Trinajstić information content (AvgIpc) is 3.16. The standard InChI is InChI=1S/C21H15NO4/c23-14-7-4-8-15-17(14)16(11-5-2-1-3-6-11)18-19(24)12-9-22-10-13(12)20(25)21(18)26-15/h1-3,5-6,9,16H,4,7-8,10H2. The molecule has 2 aliphatic carbocycles. The van der Waals surface area contributed by atoms with Gasteiger partial charge in [-0.15, -0.1) is 0 Å². The number of rotatable bonds is 1. The van der Waals surface area contributed by atoms with Gasteiger partial charge in [0.2, 0.25) is 5.78 Å². The number of benzene rings is 1. The second-order valence-corrected chi connectivity index (χ2v) is 6.82. The Bertz CT molecular complexity index is 1010. The minimum Gasteiger partial charge on any atom is -0.457 e. The maximum absolute atomic E-state index is 13.2. The molecular formula is C21H15NO4. The van der Waals surface area contributed by atoms with Crippen molar-refractivity contribution in [2.24, 2.45) is 4.99 Å². The molecule has 1 unspecified atom stereocenters. The monoisotopic (exact) mass is 345 g/mol. The van der Waals surface area contributed by atoms with E-state index in [1.807, 2.05) is 30.3 Å². The third-order valence-corrected chi connectivity index (χ3v) is 5.35. The van der Waals surface area contributed by atoms with Gasteiger partial charge >= 0.3 is 0 Å². The van der Waals surface area contributed by atoms with Gasteiger partial charge in [0.05, 0.1) is 12.1 Å². The van der Waals surface area contributed by atoms with Crippen LogP contribution in [-0.2, 0) is 19.1 Å². The van der Waals surface area contributed by atoms with E-state index in [0.717, 1.165) is 5.56 Å². The Morgan fingerprint density at radius 2 is 1.77 bits per heavy atom. The van der Waals surface area contributed by atoms with Crippen LogP contribution < -0.4 is 0 Å². The summed E-state index contributed by atoms with van der Waals surface area (Å²) in [6.07, 6.45) is 3.20. The van der Waals surface area contributed by atoms with Gasteiger partial charge in [0.15, 0.2) is 17.3 Å². The molecule has 0 saturated heterocycles. The molecule has 0 amide bonds. The quantitative estimate of drug-likeness (QED) is 0.734. The van der Waals surface area contributed by atoms with Crippen molar-refractivity contribution in [3.8, 4) is 0 Å². The van der Waals surface area contributed by atoms with Crippen LogP contribution in [0.5, 0.6) is 0 Å². The highest BCUT2D eigenvalue weighted by atomic mass is 16.5. The van der Waals surface area contributed by atoms with E-state index < -0.39 is 5.92 Å². The molecule has 2 aliphatic heterocycles. The normalized spacial score (nSPS) is 24.6. The Hall–Kier alpha value is -3.08. The highest BCUT2D eigenvalue weighted by Crippen LogP contribution is 2.47. The lowest BCUT2D eigenvalue weighted by Gasteiger charge is -2.35. The van der Waals surface area contributed by atoms with Crippen molar-refractivity contribution in [1.82, 2.24) is 0 Å². The van der Waals surface area contributed by atoms with Crippen molar-refractivity contribution in [2.75, 3.05) is 6.54 Å². The van der Waals surface area contributed by atoms with Crippen molar-refractivity contribution in [3.05, 3.63) is 69.7 Å². The van der Waals surface area contributed by atoms with Gasteiger partial charge in [-0.05, 0) is 12.0 Å². The second kappa shape index (κ2) is 5.46. The van der Waals surface area contributed by atoms with Crippen LogP contribution in [0.15, 0.2) is 69.1 Å². The molecule has 1 aromatic rings. The van der Waals surface area contributed by atoms with Gasteiger partial charge in [0.1, 0.15) is 5.76 Å². The Labute approximate surface area is 149 Å². The number of ether oxygens (including phenoxy) is 1. The lowest BCUT2D eigenvalue weighted by atomic mass is 9.72. The van der Waals surface area contributed by atoms with E-state index in [1.165, 1.54) is 6.21 Å². The smallest absolute Gasteiger partial charge is 0.227 e. The van der Waals surface area contributed by atoms with Crippen LogP contribution in [0.1, 0.15) is 30.7 Å². The highest BCUT2D eigenvalue weighted by molar-refractivity contribution is 6.34. The number of hydrogen-bond acceptors (Lipinski definition) is 5. The van der Waals surface area contributed by atoms with Crippen molar-refractivity contribution >= 4 is 23.6 Å². The first kappa shape index (κ1) is 15.2. The van der Waals surface area contributed by atoms with Crippen molar-refractivity contribution in [1.29, 1.82) is 0 Å². The van der Waals surface area contributed by atoms with Gasteiger partial charge < -0.3 is 4.74 Å². The van der Waals surface area contributed by atoms with Gasteiger partial charge in [-0.3, -0.25) is 19.4 Å². The first-order chi connectivity index (χ1) is 12.7. The molecule has 0 aromatic heterocycles. The zero-order valence-electron chi connectivity index (χ0n) is 14.0. The molecule has 0 saturated carbocycles. The van der Waals surface area contributed by atoms with Crippen molar-refractivity contribution in [2.45, 2.75) is 25.2 Å². The molecule has 1 atom stereocenters. The predicted molar refractivity (Wildman–Crippen MR) is 93.6 cm³/mol. The first-order valence-corrected chi connectivity index (χ1v) is 8.72. The maximum Gasteiger partial charge on any atom is 0.227 e. The van der Waals surface area contributed by atoms with Crippen LogP contribution in [0.3, 0.4) is 0 Å². The van der Waals surface area contributed by atoms with Crippen LogP contribution in [0.4, 0.5) is 0 Å². The van der Waals surface area contributed by atoms with Gasteiger partial charge in [-0.2, -0.15) is 0 Å². The van der Waals surface area contributed by atoms with Crippen LogP contribution in [0, 0.1) is 0 Å². The van der Waals surface area contributed by atoms with Gasteiger partial charge in [0, 0.05) is 41.7 Å². The SMILES string of the molecule is O=C1CCCC2=C1C(c1ccccc1)C1=C(O2)C(=O)C2=C(C=NC2)C1=O. The molecule has 4 aliphatic rings. The molecule has 26 heavy (non-hydrogen) atoms. The number of hydrogen-bond donors (Lipinski definition) is 0. The summed E-state index contributed by atoms with van der Waals surface area (Å²) in [5, 5.41) is 0. The lowest BCUT2D eigenvalue weighted by molar-refractivity contribution is -0.120. The molecule has 0 radical (unpaired) electrons. The minimum atomic E-state index is -0.553. The van der Waals surface area contributed by atoms with E-state index in [4.69, 9.17) is 4.74 Å². The molecule has 5 rings (SSSR count). The van der Waals surface area contributed by atoms with E-state index in [9.17, 15) is 14.4 Å². The molecule has 0 fully saturated rings. The number of Topliss-reactive ketones (excluding diaryl/α,β-unsaturated/α-hetero) is 3. The van der Waals surface area contributed by atoms with Crippen LogP contribution >= 0.6 is 0 Å². The molecule has 0 spiro atoms. The Balaban J connectivity index is 1.75. The molecule has 0 bridgehead atoms. The van der Waals surface area contributed by atoms with Gasteiger partial charge in [-0.25, -0.2) is 0 Å². The molecular weight excluding hydrogens is 330 g/mol. The number of nitrogens with zero attached hydrogens (tertiary/aromatic N) is 1. The summed E-state index contributed by atoms with van der Waals surface area (Å²) in [4.78, 5) is 42.9. The molecule has 5 nitrogen and oxygen atoms in total. The van der Waals surface area contributed by atoms with E-state index in [0.29, 0.717) is 41.7 Å². The Kier molecular flexibility index (Phi) is 3.19. The van der Waals surface area contributed by atoms with Crippen LogP contribution in [-0.4, -0.2) is 30.1 Å². The largest absolute Gasteiger partial charge is 0.457 e. The predicted octanol–water partition coefficient (Wildman–Crippen LogP) is 2.59. The van der Waals surface area contributed by atoms with Crippen molar-refractivity contribution < 1.29 is 19.1 Å². The zero-order valence-corrected chi connectivity index (χ0v) is 14.0. The third kappa shape index (κ3) is 1.97. The summed E-state index contributed by atoms with van der Waals surface area (Å²) in [7, 11) is 0. The fourth-order valence-corrected chi connectivity index (χ4v) is 4.16. The Morgan fingerprint density at radius 3 is 2.58 bits per heavy atom. The highest BCUT2D eigenvalue weighted by Gasteiger charge is 2.47. The topological polar surface area (TPSA) is 72.8 Å². The summed E-state index contributed by atoms with van der Waals surface area (Å²) < 4.78 is 5.89. The minimum absolute atomic E-state index is 0.00762. The second-order valence-electron chi connectivity index (χ2n) is 6.82. The fraction of sp³-hybridized carbons (Fsp3) is 0.238. The number of carbonyl (C=O) groups excluding carboxylic acids is 3. The number of allylic oxidation sites excluding steroid dienone is 5. The summed E-state index contributed by atoms with van der Waals surface area (Å²) in [5.41, 5.74) is 2.37. The number of ketones is 3. The number of aliphatic imine (C=N–C) groups is 1. The van der Waals surface area contributed by atoms with E-state index in [2.05, 4.69) is 4.99 Å². The van der Waals surface area contributed by atoms with E-state index in [1.54, 1.807) is 0 Å². The summed E-state index contributed by atoms with van der Waals surface area (Å²) in [6.45, 7) is 0.209. The number of carbonyl (C=O) groups is 3. The molecule has 128 valence electrons. The molecule has 1 aromatic carbocycles. The first-order valence-electron chi connectivity index (χ1n) is 8.72. The molecule has 0 N–H and O–H groups in total. The van der Waals surface area contributed by atoms with E-state index >= 15 is 0 Å². The zero-order chi connectivity index (χ0) is 17.8. The van der Waals surface area contributed by atoms with Gasteiger partial charge in [-0.1, -0.05) is 30.3 Å². The summed E-state index contributed by atoms with van der Waals surface area (Å²) in [6, 6.07) is 9.40.